The van der Waals surface area contributed by atoms with Crippen molar-refractivity contribution in [2.24, 2.45) is 5.41 Å². The molecule has 0 fully saturated rings. The SMILES string of the molecule is COc1cc(CNC(=O)CN2CCCC(C)(C)COc3ccccc3Oc3ncccc3C2)cc(OC)c1. The van der Waals surface area contributed by atoms with Crippen LogP contribution in [0.1, 0.15) is 37.8 Å². The Morgan fingerprint density at radius 3 is 2.53 bits per heavy atom. The third-order valence-corrected chi connectivity index (χ3v) is 6.51. The summed E-state index contributed by atoms with van der Waals surface area (Å²) < 4.78 is 23.1. The molecule has 8 heteroatoms. The fourth-order valence-electron chi connectivity index (χ4n) is 4.40. The maximum atomic E-state index is 13.0. The van der Waals surface area contributed by atoms with Gasteiger partial charge < -0.3 is 24.3 Å². The first-order chi connectivity index (χ1) is 18.3. The molecule has 8 nitrogen and oxygen atoms in total. The van der Waals surface area contributed by atoms with Crippen molar-refractivity contribution >= 4 is 5.91 Å². The number of benzene rings is 2. The van der Waals surface area contributed by atoms with Gasteiger partial charge in [0.1, 0.15) is 11.5 Å². The number of nitrogens with one attached hydrogen (secondary N) is 1. The highest BCUT2D eigenvalue weighted by Gasteiger charge is 2.23. The Morgan fingerprint density at radius 2 is 1.79 bits per heavy atom. The number of amides is 1. The number of hydrogen-bond acceptors (Lipinski definition) is 7. The van der Waals surface area contributed by atoms with Gasteiger partial charge in [-0.2, -0.15) is 0 Å². The fourth-order valence-corrected chi connectivity index (χ4v) is 4.40. The topological polar surface area (TPSA) is 82.2 Å². The van der Waals surface area contributed by atoms with Gasteiger partial charge in [-0.25, -0.2) is 4.98 Å². The third kappa shape index (κ3) is 7.61. The van der Waals surface area contributed by atoms with Gasteiger partial charge in [-0.15, -0.1) is 0 Å². The first kappa shape index (κ1) is 27.3. The van der Waals surface area contributed by atoms with Crippen molar-refractivity contribution < 1.29 is 23.7 Å². The van der Waals surface area contributed by atoms with Gasteiger partial charge in [-0.3, -0.25) is 9.69 Å². The van der Waals surface area contributed by atoms with E-state index in [1.807, 2.05) is 54.6 Å². The number of pyridine rings is 1. The average molecular weight is 520 g/mol. The van der Waals surface area contributed by atoms with Crippen LogP contribution in [0.25, 0.3) is 0 Å². The molecule has 0 spiro atoms. The summed E-state index contributed by atoms with van der Waals surface area (Å²) in [6.45, 7) is 6.88. The zero-order valence-corrected chi connectivity index (χ0v) is 22.7. The molecule has 1 amide bonds. The van der Waals surface area contributed by atoms with Crippen molar-refractivity contribution in [1.29, 1.82) is 0 Å². The van der Waals surface area contributed by atoms with Crippen molar-refractivity contribution in [3.8, 4) is 28.9 Å². The van der Waals surface area contributed by atoms with Crippen LogP contribution in [-0.4, -0.2) is 49.7 Å². The molecule has 38 heavy (non-hydrogen) atoms. The van der Waals surface area contributed by atoms with Gasteiger partial charge in [0.15, 0.2) is 11.5 Å². The van der Waals surface area contributed by atoms with Crippen molar-refractivity contribution in [1.82, 2.24) is 15.2 Å². The lowest BCUT2D eigenvalue weighted by Gasteiger charge is -2.27. The molecular formula is C30H37N3O5. The van der Waals surface area contributed by atoms with E-state index in [0.717, 1.165) is 30.5 Å². The Morgan fingerprint density at radius 1 is 1.05 bits per heavy atom. The number of para-hydroxylation sites is 2. The number of rotatable bonds is 6. The summed E-state index contributed by atoms with van der Waals surface area (Å²) in [5.74, 6) is 3.14. The van der Waals surface area contributed by atoms with E-state index in [-0.39, 0.29) is 17.9 Å². The quantitative estimate of drug-likeness (QED) is 0.479. The van der Waals surface area contributed by atoms with E-state index in [4.69, 9.17) is 18.9 Å². The molecule has 1 aliphatic rings. The van der Waals surface area contributed by atoms with E-state index in [1.54, 1.807) is 20.4 Å². The first-order valence-electron chi connectivity index (χ1n) is 12.9. The van der Waals surface area contributed by atoms with Crippen LogP contribution in [-0.2, 0) is 17.9 Å². The second-order valence-corrected chi connectivity index (χ2v) is 10.3. The highest BCUT2D eigenvalue weighted by atomic mass is 16.5. The first-order valence-corrected chi connectivity index (χ1v) is 12.9. The van der Waals surface area contributed by atoms with E-state index in [9.17, 15) is 4.79 Å². The number of nitrogens with zero attached hydrogens (tertiary/aromatic N) is 2. The monoisotopic (exact) mass is 519 g/mol. The molecule has 1 N–H and O–H groups in total. The number of fused-ring (bicyclic) bond motifs is 2. The molecule has 0 atom stereocenters. The molecule has 0 saturated heterocycles. The maximum Gasteiger partial charge on any atom is 0.234 e. The zero-order chi connectivity index (χ0) is 27.0. The second-order valence-electron chi connectivity index (χ2n) is 10.3. The van der Waals surface area contributed by atoms with E-state index < -0.39 is 0 Å². The van der Waals surface area contributed by atoms with Gasteiger partial charge in [0.05, 0.1) is 27.4 Å². The highest BCUT2D eigenvalue weighted by molar-refractivity contribution is 5.78. The summed E-state index contributed by atoms with van der Waals surface area (Å²) in [5.41, 5.74) is 1.78. The summed E-state index contributed by atoms with van der Waals surface area (Å²) >= 11 is 0. The van der Waals surface area contributed by atoms with Gasteiger partial charge in [-0.1, -0.05) is 32.0 Å². The number of aromatic nitrogens is 1. The molecule has 1 aromatic heterocycles. The Balaban J connectivity index is 1.50. The second kappa shape index (κ2) is 12.6. The number of carbonyl (C=O) groups is 1. The fraction of sp³-hybridized carbons (Fsp3) is 0.400. The molecule has 202 valence electrons. The minimum absolute atomic E-state index is 0.0361. The van der Waals surface area contributed by atoms with E-state index in [1.165, 1.54) is 0 Å². The Labute approximate surface area is 224 Å². The lowest BCUT2D eigenvalue weighted by molar-refractivity contribution is -0.122. The summed E-state index contributed by atoms with van der Waals surface area (Å²) in [4.78, 5) is 19.7. The molecule has 0 aliphatic carbocycles. The van der Waals surface area contributed by atoms with E-state index >= 15 is 0 Å². The minimum Gasteiger partial charge on any atom is -0.497 e. The lowest BCUT2D eigenvalue weighted by atomic mass is 9.88. The Hall–Kier alpha value is -3.78. The molecule has 2 aromatic carbocycles. The minimum atomic E-state index is -0.0598. The molecule has 0 radical (unpaired) electrons. The number of methoxy groups -OCH3 is 2. The van der Waals surface area contributed by atoms with Crippen LogP contribution < -0.4 is 24.3 Å². The molecule has 0 unspecified atom stereocenters. The number of ether oxygens (including phenoxy) is 4. The zero-order valence-electron chi connectivity index (χ0n) is 22.7. The smallest absolute Gasteiger partial charge is 0.234 e. The predicted molar refractivity (Wildman–Crippen MR) is 146 cm³/mol. The van der Waals surface area contributed by atoms with Crippen LogP contribution in [0.4, 0.5) is 0 Å². The van der Waals surface area contributed by atoms with Gasteiger partial charge >= 0.3 is 0 Å². The standard InChI is InChI=1S/C30H37N3O5/c1-30(2)12-8-14-33(20-28(34)32-18-22-15-24(35-3)17-25(16-22)36-4)19-23-9-7-13-31-29(23)38-27-11-6-5-10-26(27)37-21-30/h5-7,9-11,13,15-17H,8,12,14,18-21H2,1-4H3,(H,32,34). The molecule has 3 aromatic rings. The lowest BCUT2D eigenvalue weighted by Crippen LogP contribution is -2.37. The van der Waals surface area contributed by atoms with Crippen LogP contribution in [0.3, 0.4) is 0 Å². The van der Waals surface area contributed by atoms with Crippen LogP contribution in [0.2, 0.25) is 0 Å². The summed E-state index contributed by atoms with van der Waals surface area (Å²) in [6, 6.07) is 17.1. The molecule has 1 aliphatic heterocycles. The molecule has 4 rings (SSSR count). The van der Waals surface area contributed by atoms with Gasteiger partial charge in [-0.05, 0) is 60.7 Å². The van der Waals surface area contributed by atoms with Crippen LogP contribution >= 0.6 is 0 Å². The van der Waals surface area contributed by atoms with Crippen LogP contribution in [0.15, 0.2) is 60.8 Å². The predicted octanol–water partition coefficient (Wildman–Crippen LogP) is 5.21. The molecule has 0 bridgehead atoms. The van der Waals surface area contributed by atoms with Gasteiger partial charge in [0.2, 0.25) is 11.8 Å². The Bertz CT molecular complexity index is 1210. The van der Waals surface area contributed by atoms with Crippen molar-refractivity contribution in [3.63, 3.8) is 0 Å². The maximum absolute atomic E-state index is 13.0. The van der Waals surface area contributed by atoms with Crippen molar-refractivity contribution in [3.05, 3.63) is 71.9 Å². The Kier molecular flexibility index (Phi) is 9.07. The molecule has 0 saturated carbocycles. The number of carbonyl (C=O) groups excluding carboxylic acids is 1. The van der Waals surface area contributed by atoms with Crippen molar-refractivity contribution in [2.75, 3.05) is 33.9 Å². The third-order valence-electron chi connectivity index (χ3n) is 6.51. The van der Waals surface area contributed by atoms with Crippen molar-refractivity contribution in [2.45, 2.75) is 39.8 Å². The molecular weight excluding hydrogens is 482 g/mol. The van der Waals surface area contributed by atoms with E-state index in [0.29, 0.717) is 48.6 Å². The summed E-state index contributed by atoms with van der Waals surface area (Å²) in [6.07, 6.45) is 3.59. The number of hydrogen-bond donors (Lipinski definition) is 1. The van der Waals surface area contributed by atoms with Gasteiger partial charge in [0.25, 0.3) is 0 Å². The largest absolute Gasteiger partial charge is 0.497 e. The van der Waals surface area contributed by atoms with Gasteiger partial charge in [0, 0.05) is 30.9 Å². The van der Waals surface area contributed by atoms with Crippen LogP contribution in [0, 0.1) is 5.41 Å². The normalized spacial score (nSPS) is 15.7. The molecule has 2 heterocycles. The van der Waals surface area contributed by atoms with E-state index in [2.05, 4.69) is 29.0 Å². The van der Waals surface area contributed by atoms with Crippen LogP contribution in [0.5, 0.6) is 28.9 Å². The average Bonchev–Trinajstić information content (AvgIpc) is 2.92. The highest BCUT2D eigenvalue weighted by Crippen LogP contribution is 2.34. The summed E-state index contributed by atoms with van der Waals surface area (Å²) in [7, 11) is 3.22. The summed E-state index contributed by atoms with van der Waals surface area (Å²) in [5, 5.41) is 3.04.